The molecule has 0 aliphatic heterocycles. The Hall–Kier alpha value is -1.35. The maximum atomic E-state index is 2.27. The Kier molecular flexibility index (Phi) is 1.68. The van der Waals surface area contributed by atoms with Crippen molar-refractivity contribution in [2.75, 3.05) is 0 Å². The zero-order valence-corrected chi connectivity index (χ0v) is 9.93. The van der Waals surface area contributed by atoms with Crippen LogP contribution in [0.4, 0.5) is 0 Å². The summed E-state index contributed by atoms with van der Waals surface area (Å²) in [4.78, 5) is 1.36. The number of aromatic nitrogens is 2. The Bertz CT molecular complexity index is 661. The van der Waals surface area contributed by atoms with Gasteiger partial charge in [-0.05, 0) is 12.1 Å². The van der Waals surface area contributed by atoms with E-state index in [9.17, 15) is 0 Å². The lowest BCUT2D eigenvalue weighted by Gasteiger charge is -1.91. The van der Waals surface area contributed by atoms with Crippen LogP contribution in [0.1, 0.15) is 5.82 Å². The Balaban J connectivity index is 2.65. The van der Waals surface area contributed by atoms with Crippen LogP contribution in [-0.2, 0) is 14.1 Å². The minimum absolute atomic E-state index is 1.29. The molecule has 0 aliphatic carbocycles. The van der Waals surface area contributed by atoms with Crippen molar-refractivity contribution in [2.24, 2.45) is 14.1 Å². The van der Waals surface area contributed by atoms with E-state index in [-0.39, 0.29) is 0 Å². The van der Waals surface area contributed by atoms with Crippen molar-refractivity contribution in [3.05, 3.63) is 30.1 Å². The summed E-state index contributed by atoms with van der Waals surface area (Å²) < 4.78 is 5.91. The molecular formula is C12H13N2S+. The number of thiophene rings is 1. The highest BCUT2D eigenvalue weighted by molar-refractivity contribution is 7.25. The zero-order chi connectivity index (χ0) is 10.6. The summed E-state index contributed by atoms with van der Waals surface area (Å²) in [6, 6.07) is 8.60. The van der Waals surface area contributed by atoms with Crippen LogP contribution in [-0.4, -0.2) is 4.57 Å². The molecule has 0 saturated carbocycles. The maximum Gasteiger partial charge on any atom is 0.254 e. The van der Waals surface area contributed by atoms with Crippen LogP contribution in [0, 0.1) is 6.92 Å². The lowest BCUT2D eigenvalue weighted by atomic mass is 10.2. The summed E-state index contributed by atoms with van der Waals surface area (Å²) in [5.41, 5.74) is 1.36. The van der Waals surface area contributed by atoms with Gasteiger partial charge in [-0.15, -0.1) is 0 Å². The molecule has 0 amide bonds. The average molecular weight is 217 g/mol. The van der Waals surface area contributed by atoms with Gasteiger partial charge >= 0.3 is 0 Å². The van der Waals surface area contributed by atoms with Gasteiger partial charge in [-0.1, -0.05) is 23.5 Å². The number of benzene rings is 1. The highest BCUT2D eigenvalue weighted by Crippen LogP contribution is 2.31. The van der Waals surface area contributed by atoms with Gasteiger partial charge in [0.05, 0.1) is 14.1 Å². The second kappa shape index (κ2) is 2.83. The molecule has 0 radical (unpaired) electrons. The van der Waals surface area contributed by atoms with Gasteiger partial charge in [0, 0.05) is 17.0 Å². The average Bonchev–Trinajstić information content (AvgIpc) is 2.72. The molecule has 0 spiro atoms. The fourth-order valence-corrected chi connectivity index (χ4v) is 3.35. The molecule has 0 fully saturated rings. The van der Waals surface area contributed by atoms with Crippen molar-refractivity contribution in [2.45, 2.75) is 6.92 Å². The van der Waals surface area contributed by atoms with Gasteiger partial charge in [-0.25, -0.2) is 9.13 Å². The Labute approximate surface area is 92.4 Å². The molecule has 0 atom stereocenters. The normalized spacial score (nSPS) is 11.7. The predicted molar refractivity (Wildman–Crippen MR) is 64.2 cm³/mol. The molecule has 0 aliphatic rings. The second-order valence-electron chi connectivity index (χ2n) is 3.92. The van der Waals surface area contributed by atoms with Crippen molar-refractivity contribution >= 4 is 31.8 Å². The van der Waals surface area contributed by atoms with Crippen molar-refractivity contribution in [3.63, 3.8) is 0 Å². The second-order valence-corrected chi connectivity index (χ2v) is 4.95. The van der Waals surface area contributed by atoms with Crippen LogP contribution in [0.3, 0.4) is 0 Å². The number of hydrogen-bond acceptors (Lipinski definition) is 1. The fourth-order valence-electron chi connectivity index (χ4n) is 2.10. The van der Waals surface area contributed by atoms with Crippen LogP contribution in [0.2, 0.25) is 0 Å². The third kappa shape index (κ3) is 1.01. The van der Waals surface area contributed by atoms with E-state index in [0.717, 1.165) is 0 Å². The number of fused-ring (bicyclic) bond motifs is 3. The van der Waals surface area contributed by atoms with Crippen LogP contribution >= 0.6 is 11.3 Å². The predicted octanol–water partition coefficient (Wildman–Crippen LogP) is 2.53. The zero-order valence-electron chi connectivity index (χ0n) is 9.11. The SMILES string of the molecule is Cc1n(C)c2c3ccccc3sc2[n+]1C. The minimum atomic E-state index is 1.29. The summed E-state index contributed by atoms with van der Waals surface area (Å²) >= 11 is 1.87. The first-order valence-corrected chi connectivity index (χ1v) is 5.84. The third-order valence-electron chi connectivity index (χ3n) is 3.16. The molecular weight excluding hydrogens is 204 g/mol. The molecule has 2 heterocycles. The lowest BCUT2D eigenvalue weighted by Crippen LogP contribution is -2.29. The number of rotatable bonds is 0. The first kappa shape index (κ1) is 8.92. The van der Waals surface area contributed by atoms with E-state index >= 15 is 0 Å². The smallest absolute Gasteiger partial charge is 0.229 e. The molecule has 0 unspecified atom stereocenters. The minimum Gasteiger partial charge on any atom is -0.229 e. The monoisotopic (exact) mass is 217 g/mol. The third-order valence-corrected chi connectivity index (χ3v) is 4.40. The van der Waals surface area contributed by atoms with Crippen LogP contribution < -0.4 is 4.57 Å². The number of aryl methyl sites for hydroxylation is 2. The molecule has 0 bridgehead atoms. The van der Waals surface area contributed by atoms with Gasteiger partial charge in [0.1, 0.15) is 0 Å². The number of hydrogen-bond donors (Lipinski definition) is 0. The van der Waals surface area contributed by atoms with Crippen molar-refractivity contribution in [3.8, 4) is 0 Å². The largest absolute Gasteiger partial charge is 0.254 e. The summed E-state index contributed by atoms with van der Waals surface area (Å²) in [5, 5.41) is 1.36. The van der Waals surface area contributed by atoms with Gasteiger partial charge in [-0.2, -0.15) is 0 Å². The van der Waals surface area contributed by atoms with Crippen molar-refractivity contribution < 1.29 is 4.57 Å². The van der Waals surface area contributed by atoms with E-state index in [1.165, 1.54) is 26.3 Å². The van der Waals surface area contributed by atoms with Crippen LogP contribution in [0.25, 0.3) is 20.4 Å². The van der Waals surface area contributed by atoms with Gasteiger partial charge < -0.3 is 0 Å². The molecule has 2 nitrogen and oxygen atoms in total. The Morgan fingerprint density at radius 2 is 2.00 bits per heavy atom. The van der Waals surface area contributed by atoms with Gasteiger partial charge in [0.15, 0.2) is 5.52 Å². The number of nitrogens with zero attached hydrogens (tertiary/aromatic N) is 2. The summed E-state index contributed by atoms with van der Waals surface area (Å²) in [6.07, 6.45) is 0. The van der Waals surface area contributed by atoms with E-state index < -0.39 is 0 Å². The van der Waals surface area contributed by atoms with Gasteiger partial charge in [0.25, 0.3) is 5.82 Å². The first-order chi connectivity index (χ1) is 7.20. The molecule has 0 saturated heterocycles. The summed E-state index contributed by atoms with van der Waals surface area (Å²) in [6.45, 7) is 2.15. The maximum absolute atomic E-state index is 2.27. The van der Waals surface area contributed by atoms with E-state index in [1.807, 2.05) is 11.3 Å². The molecule has 3 aromatic rings. The van der Waals surface area contributed by atoms with Crippen LogP contribution in [0.15, 0.2) is 24.3 Å². The highest BCUT2D eigenvalue weighted by atomic mass is 32.1. The van der Waals surface area contributed by atoms with Crippen LogP contribution in [0.5, 0.6) is 0 Å². The standard InChI is InChI=1S/C12H13N2S/c1-8-13(2)11-9-6-4-5-7-10(9)15-12(11)14(8)3/h4-7H,1-3H3/q+1. The lowest BCUT2D eigenvalue weighted by molar-refractivity contribution is -0.650. The molecule has 2 aromatic heterocycles. The quantitative estimate of drug-likeness (QED) is 0.512. The molecule has 3 heteroatoms. The summed E-state index contributed by atoms with van der Waals surface area (Å²) in [5.74, 6) is 1.29. The van der Waals surface area contributed by atoms with Gasteiger partial charge in [-0.3, -0.25) is 0 Å². The van der Waals surface area contributed by atoms with E-state index in [0.29, 0.717) is 0 Å². The van der Waals surface area contributed by atoms with E-state index in [4.69, 9.17) is 0 Å². The summed E-state index contributed by atoms with van der Waals surface area (Å²) in [7, 11) is 4.27. The van der Waals surface area contributed by atoms with E-state index in [1.54, 1.807) is 0 Å². The van der Waals surface area contributed by atoms with Crippen molar-refractivity contribution in [1.29, 1.82) is 0 Å². The first-order valence-electron chi connectivity index (χ1n) is 5.02. The highest BCUT2D eigenvalue weighted by Gasteiger charge is 2.21. The van der Waals surface area contributed by atoms with Gasteiger partial charge in [0.2, 0.25) is 4.83 Å². The molecule has 3 rings (SSSR count). The molecule has 76 valence electrons. The Morgan fingerprint density at radius 3 is 2.80 bits per heavy atom. The molecule has 1 aromatic carbocycles. The topological polar surface area (TPSA) is 8.81 Å². The molecule has 15 heavy (non-hydrogen) atoms. The number of imidazole rings is 1. The van der Waals surface area contributed by atoms with Crippen molar-refractivity contribution in [1.82, 2.24) is 4.57 Å². The van der Waals surface area contributed by atoms with E-state index in [2.05, 4.69) is 54.4 Å². The molecule has 0 N–H and O–H groups in total. The Morgan fingerprint density at radius 1 is 1.27 bits per heavy atom. The fraction of sp³-hybridized carbons (Fsp3) is 0.250.